The molecule has 24 heavy (non-hydrogen) atoms. The van der Waals surface area contributed by atoms with Gasteiger partial charge in [-0.3, -0.25) is 14.2 Å². The van der Waals surface area contributed by atoms with Gasteiger partial charge in [0.05, 0.1) is 11.7 Å². The van der Waals surface area contributed by atoms with Crippen molar-refractivity contribution in [3.05, 3.63) is 27.1 Å². The van der Waals surface area contributed by atoms with Crippen LogP contribution in [0.5, 0.6) is 0 Å². The van der Waals surface area contributed by atoms with Crippen molar-refractivity contribution in [3.63, 3.8) is 0 Å². The van der Waals surface area contributed by atoms with Crippen LogP contribution in [0.1, 0.15) is 29.7 Å². The molecule has 1 amide bonds. The van der Waals surface area contributed by atoms with Crippen LogP contribution in [0.4, 0.5) is 0 Å². The zero-order valence-electron chi connectivity index (χ0n) is 14.5. The largest absolute Gasteiger partial charge is 0.343 e. The number of carbonyl (C=O) groups excluding carboxylic acids is 1. The van der Waals surface area contributed by atoms with E-state index in [1.165, 1.54) is 0 Å². The molecule has 0 saturated carbocycles. The summed E-state index contributed by atoms with van der Waals surface area (Å²) < 4.78 is 1.57. The second-order valence-electron chi connectivity index (χ2n) is 6.44. The van der Waals surface area contributed by atoms with Crippen molar-refractivity contribution in [1.29, 1.82) is 0 Å². The SMILES string of the molecule is Cc1sc2ncn(CCC(=O)N(C)C3CCNCC3)c(=O)c2c1C. The monoisotopic (exact) mass is 348 g/mol. The molecule has 1 fully saturated rings. The number of aromatic nitrogens is 2. The van der Waals surface area contributed by atoms with Crippen LogP contribution >= 0.6 is 11.3 Å². The highest BCUT2D eigenvalue weighted by atomic mass is 32.1. The molecule has 0 unspecified atom stereocenters. The van der Waals surface area contributed by atoms with E-state index in [4.69, 9.17) is 0 Å². The zero-order valence-corrected chi connectivity index (χ0v) is 15.3. The van der Waals surface area contributed by atoms with Gasteiger partial charge in [-0.05, 0) is 45.3 Å². The maximum absolute atomic E-state index is 12.6. The third-order valence-electron chi connectivity index (χ3n) is 4.97. The molecule has 1 N–H and O–H groups in total. The van der Waals surface area contributed by atoms with Gasteiger partial charge in [0, 0.05) is 30.9 Å². The summed E-state index contributed by atoms with van der Waals surface area (Å²) in [7, 11) is 1.87. The number of fused-ring (bicyclic) bond motifs is 1. The minimum Gasteiger partial charge on any atom is -0.343 e. The number of thiophene rings is 1. The van der Waals surface area contributed by atoms with Crippen LogP contribution in [-0.2, 0) is 11.3 Å². The predicted molar refractivity (Wildman–Crippen MR) is 96.6 cm³/mol. The summed E-state index contributed by atoms with van der Waals surface area (Å²) >= 11 is 1.54. The van der Waals surface area contributed by atoms with Crippen LogP contribution in [0, 0.1) is 13.8 Å². The summed E-state index contributed by atoms with van der Waals surface area (Å²) in [6.45, 7) is 6.25. The minimum absolute atomic E-state index is 0.0424. The van der Waals surface area contributed by atoms with E-state index in [0.717, 1.165) is 41.2 Å². The molecule has 0 radical (unpaired) electrons. The van der Waals surface area contributed by atoms with Gasteiger partial charge in [0.15, 0.2) is 0 Å². The number of piperidine rings is 1. The summed E-state index contributed by atoms with van der Waals surface area (Å²) in [6.07, 6.45) is 3.87. The molecule has 0 aromatic carbocycles. The van der Waals surface area contributed by atoms with Gasteiger partial charge in [-0.1, -0.05) is 0 Å². The van der Waals surface area contributed by atoms with E-state index in [0.29, 0.717) is 24.4 Å². The summed E-state index contributed by atoms with van der Waals surface area (Å²) in [5, 5.41) is 4.00. The Morgan fingerprint density at radius 3 is 2.83 bits per heavy atom. The second kappa shape index (κ2) is 7.03. The quantitative estimate of drug-likeness (QED) is 0.913. The number of rotatable bonds is 4. The lowest BCUT2D eigenvalue weighted by Crippen LogP contribution is -2.44. The maximum Gasteiger partial charge on any atom is 0.262 e. The Hall–Kier alpha value is -1.73. The molecule has 3 heterocycles. The lowest BCUT2D eigenvalue weighted by atomic mass is 10.1. The molecule has 0 aliphatic carbocycles. The summed E-state index contributed by atoms with van der Waals surface area (Å²) in [6, 6.07) is 0.304. The number of aryl methyl sites for hydroxylation is 3. The zero-order chi connectivity index (χ0) is 17.3. The topological polar surface area (TPSA) is 67.2 Å². The van der Waals surface area contributed by atoms with Gasteiger partial charge in [-0.2, -0.15) is 0 Å². The van der Waals surface area contributed by atoms with Crippen molar-refractivity contribution in [2.75, 3.05) is 20.1 Å². The molecule has 3 rings (SSSR count). The summed E-state index contributed by atoms with van der Waals surface area (Å²) in [4.78, 5) is 33.2. The number of nitrogens with one attached hydrogen (secondary N) is 1. The van der Waals surface area contributed by atoms with Crippen molar-refractivity contribution in [2.24, 2.45) is 0 Å². The predicted octanol–water partition coefficient (Wildman–Crippen LogP) is 1.68. The minimum atomic E-state index is -0.0424. The van der Waals surface area contributed by atoms with Gasteiger partial charge in [-0.25, -0.2) is 4.98 Å². The first-order valence-electron chi connectivity index (χ1n) is 8.40. The highest BCUT2D eigenvalue weighted by Gasteiger charge is 2.22. The first-order chi connectivity index (χ1) is 11.5. The van der Waals surface area contributed by atoms with Crippen molar-refractivity contribution in [3.8, 4) is 0 Å². The van der Waals surface area contributed by atoms with Crippen LogP contribution in [0.3, 0.4) is 0 Å². The number of hydrogen-bond donors (Lipinski definition) is 1. The highest BCUT2D eigenvalue weighted by Crippen LogP contribution is 2.25. The van der Waals surface area contributed by atoms with Crippen LogP contribution in [0.25, 0.3) is 10.2 Å². The Morgan fingerprint density at radius 2 is 2.12 bits per heavy atom. The Labute approximate surface area is 145 Å². The molecular weight excluding hydrogens is 324 g/mol. The molecule has 2 aromatic heterocycles. The van der Waals surface area contributed by atoms with Crippen molar-refractivity contribution in [2.45, 2.75) is 45.7 Å². The molecule has 0 atom stereocenters. The average Bonchev–Trinajstić information content (AvgIpc) is 2.89. The van der Waals surface area contributed by atoms with Gasteiger partial charge in [0.2, 0.25) is 5.91 Å². The van der Waals surface area contributed by atoms with E-state index in [-0.39, 0.29) is 11.5 Å². The molecule has 6 nitrogen and oxygen atoms in total. The molecular formula is C17H24N4O2S. The van der Waals surface area contributed by atoms with Crippen LogP contribution < -0.4 is 10.9 Å². The fraction of sp³-hybridized carbons (Fsp3) is 0.588. The smallest absolute Gasteiger partial charge is 0.262 e. The van der Waals surface area contributed by atoms with Crippen molar-refractivity contribution >= 4 is 27.5 Å². The fourth-order valence-corrected chi connectivity index (χ4v) is 4.21. The second-order valence-corrected chi connectivity index (χ2v) is 7.65. The normalized spacial score (nSPS) is 15.8. The third kappa shape index (κ3) is 3.23. The Morgan fingerprint density at radius 1 is 1.42 bits per heavy atom. The van der Waals surface area contributed by atoms with Crippen molar-refractivity contribution < 1.29 is 4.79 Å². The number of amides is 1. The van der Waals surface area contributed by atoms with E-state index in [1.807, 2.05) is 25.8 Å². The molecule has 2 aromatic rings. The highest BCUT2D eigenvalue weighted by molar-refractivity contribution is 7.18. The number of hydrogen-bond acceptors (Lipinski definition) is 5. The number of nitrogens with zero attached hydrogens (tertiary/aromatic N) is 3. The van der Waals surface area contributed by atoms with Crippen LogP contribution in [0.15, 0.2) is 11.1 Å². The number of carbonyl (C=O) groups is 1. The van der Waals surface area contributed by atoms with Gasteiger partial charge >= 0.3 is 0 Å². The van der Waals surface area contributed by atoms with E-state index < -0.39 is 0 Å². The maximum atomic E-state index is 12.6. The van der Waals surface area contributed by atoms with Crippen LogP contribution in [-0.4, -0.2) is 46.5 Å². The van der Waals surface area contributed by atoms with Crippen LogP contribution in [0.2, 0.25) is 0 Å². The lowest BCUT2D eigenvalue weighted by Gasteiger charge is -2.31. The molecule has 0 bridgehead atoms. The molecule has 1 saturated heterocycles. The summed E-state index contributed by atoms with van der Waals surface area (Å²) in [5.74, 6) is 0.0899. The molecule has 7 heteroatoms. The fourth-order valence-electron chi connectivity index (χ4n) is 3.22. The lowest BCUT2D eigenvalue weighted by molar-refractivity contribution is -0.132. The van der Waals surface area contributed by atoms with Gasteiger partial charge in [-0.15, -0.1) is 11.3 Å². The third-order valence-corrected chi connectivity index (χ3v) is 6.09. The Kier molecular flexibility index (Phi) is 5.01. The van der Waals surface area contributed by atoms with Gasteiger partial charge in [0.1, 0.15) is 4.83 Å². The van der Waals surface area contributed by atoms with E-state index in [9.17, 15) is 9.59 Å². The molecule has 0 spiro atoms. The van der Waals surface area contributed by atoms with E-state index in [2.05, 4.69) is 10.3 Å². The molecule has 130 valence electrons. The molecule has 1 aliphatic heterocycles. The summed E-state index contributed by atoms with van der Waals surface area (Å²) in [5.41, 5.74) is 0.958. The van der Waals surface area contributed by atoms with Gasteiger partial charge < -0.3 is 10.2 Å². The van der Waals surface area contributed by atoms with Crippen molar-refractivity contribution in [1.82, 2.24) is 19.8 Å². The standard InChI is InChI=1S/C17H24N4O2S/c1-11-12(2)24-16-15(11)17(23)21(10-19-16)9-6-14(22)20(3)13-4-7-18-8-5-13/h10,13,18H,4-9H2,1-3H3. The van der Waals surface area contributed by atoms with Gasteiger partial charge in [0.25, 0.3) is 5.56 Å². The first kappa shape index (κ1) is 17.1. The molecule has 1 aliphatic rings. The Balaban J connectivity index is 1.71. The first-order valence-corrected chi connectivity index (χ1v) is 9.22. The average molecular weight is 348 g/mol. The van der Waals surface area contributed by atoms with E-state index in [1.54, 1.807) is 22.2 Å². The Bertz CT molecular complexity index is 805. The van der Waals surface area contributed by atoms with E-state index >= 15 is 0 Å².